The number of hydrogen-bond acceptors (Lipinski definition) is 8. The largest absolute Gasteiger partial charge is 0.357 e. The second-order valence-electron chi connectivity index (χ2n) is 3.74. The molecule has 19 heavy (non-hydrogen) atoms. The molecule has 1 aromatic heterocycles. The molecule has 2 amide bonds. The van der Waals surface area contributed by atoms with Gasteiger partial charge in [0.2, 0.25) is 23.6 Å². The standard InChI is InChI=1S/C9H10N6O4/c1-10-9-11-2-5(15(18)19)8(13-9)14-3-6(16)12-7(17)4-14/h2H,3-4H2,1H3,(H,10,11,13)(H,12,16,17). The molecule has 1 saturated heterocycles. The molecule has 0 radical (unpaired) electrons. The molecule has 10 heteroatoms. The minimum atomic E-state index is -0.661. The molecule has 0 bridgehead atoms. The van der Waals surface area contributed by atoms with Crippen molar-refractivity contribution in [3.8, 4) is 0 Å². The number of nitro groups is 1. The van der Waals surface area contributed by atoms with Crippen LogP contribution in [0.25, 0.3) is 0 Å². The van der Waals surface area contributed by atoms with Gasteiger partial charge in [0.25, 0.3) is 0 Å². The van der Waals surface area contributed by atoms with Gasteiger partial charge in [-0.1, -0.05) is 0 Å². The average molecular weight is 266 g/mol. The zero-order chi connectivity index (χ0) is 14.0. The Morgan fingerprint density at radius 3 is 2.58 bits per heavy atom. The second-order valence-corrected chi connectivity index (χ2v) is 3.74. The highest BCUT2D eigenvalue weighted by Gasteiger charge is 2.29. The number of carbonyl (C=O) groups is 2. The summed E-state index contributed by atoms with van der Waals surface area (Å²) in [6.45, 7) is -0.348. The summed E-state index contributed by atoms with van der Waals surface area (Å²) in [4.78, 5) is 41.7. The molecule has 1 aliphatic heterocycles. The lowest BCUT2D eigenvalue weighted by molar-refractivity contribution is -0.384. The van der Waals surface area contributed by atoms with E-state index in [9.17, 15) is 19.7 Å². The van der Waals surface area contributed by atoms with Crippen LogP contribution in [-0.2, 0) is 9.59 Å². The summed E-state index contributed by atoms with van der Waals surface area (Å²) in [6.07, 6.45) is 1.03. The van der Waals surface area contributed by atoms with Crippen molar-refractivity contribution in [2.45, 2.75) is 0 Å². The van der Waals surface area contributed by atoms with Crippen LogP contribution in [0.3, 0.4) is 0 Å². The Kier molecular flexibility index (Phi) is 3.23. The van der Waals surface area contributed by atoms with Crippen LogP contribution < -0.4 is 15.5 Å². The van der Waals surface area contributed by atoms with E-state index in [2.05, 4.69) is 20.6 Å². The third kappa shape index (κ3) is 2.56. The number of rotatable bonds is 3. The Morgan fingerprint density at radius 1 is 1.42 bits per heavy atom. The van der Waals surface area contributed by atoms with Crippen LogP contribution in [-0.4, -0.2) is 46.8 Å². The van der Waals surface area contributed by atoms with E-state index in [1.165, 1.54) is 4.90 Å². The summed E-state index contributed by atoms with van der Waals surface area (Å²) >= 11 is 0. The zero-order valence-corrected chi connectivity index (χ0v) is 9.91. The third-order valence-electron chi connectivity index (χ3n) is 2.42. The molecular formula is C9H10N6O4. The van der Waals surface area contributed by atoms with E-state index in [1.54, 1.807) is 7.05 Å². The van der Waals surface area contributed by atoms with E-state index in [-0.39, 0.29) is 30.5 Å². The van der Waals surface area contributed by atoms with Gasteiger partial charge < -0.3 is 10.2 Å². The summed E-state index contributed by atoms with van der Waals surface area (Å²) in [6, 6.07) is 0. The Hall–Kier alpha value is -2.78. The SMILES string of the molecule is CNc1ncc([N+](=O)[O-])c(N2CC(=O)NC(=O)C2)n1. The Labute approximate surface area is 107 Å². The maximum absolute atomic E-state index is 11.3. The van der Waals surface area contributed by atoms with Crippen LogP contribution in [0.2, 0.25) is 0 Å². The number of carbonyl (C=O) groups excluding carboxylic acids is 2. The highest BCUT2D eigenvalue weighted by molar-refractivity contribution is 6.02. The first-order valence-electron chi connectivity index (χ1n) is 5.28. The monoisotopic (exact) mass is 266 g/mol. The first-order chi connectivity index (χ1) is 9.01. The van der Waals surface area contributed by atoms with E-state index < -0.39 is 16.7 Å². The van der Waals surface area contributed by atoms with Gasteiger partial charge in [0.15, 0.2) is 0 Å². The normalized spacial score (nSPS) is 15.1. The first-order valence-corrected chi connectivity index (χ1v) is 5.28. The lowest BCUT2D eigenvalue weighted by atomic mass is 10.3. The molecule has 1 fully saturated rings. The van der Waals surface area contributed by atoms with Gasteiger partial charge in [0.05, 0.1) is 18.0 Å². The fraction of sp³-hybridized carbons (Fsp3) is 0.333. The second kappa shape index (κ2) is 4.84. The number of nitrogens with zero attached hydrogens (tertiary/aromatic N) is 4. The van der Waals surface area contributed by atoms with E-state index in [1.807, 2.05) is 0 Å². The molecule has 0 saturated carbocycles. The van der Waals surface area contributed by atoms with Crippen molar-refractivity contribution in [1.29, 1.82) is 0 Å². The van der Waals surface area contributed by atoms with Crippen molar-refractivity contribution < 1.29 is 14.5 Å². The number of imide groups is 1. The predicted octanol–water partition coefficient (Wildman–Crippen LogP) is -1.11. The summed E-state index contributed by atoms with van der Waals surface area (Å²) in [5.41, 5.74) is -0.360. The zero-order valence-electron chi connectivity index (χ0n) is 9.91. The molecule has 0 aliphatic carbocycles. The minimum absolute atomic E-state index is 0.0625. The smallest absolute Gasteiger partial charge is 0.329 e. The predicted molar refractivity (Wildman–Crippen MR) is 63.6 cm³/mol. The van der Waals surface area contributed by atoms with Crippen LogP contribution in [0.15, 0.2) is 6.20 Å². The van der Waals surface area contributed by atoms with Crippen molar-refractivity contribution in [2.75, 3.05) is 30.4 Å². The lowest BCUT2D eigenvalue weighted by Crippen LogP contribution is -2.52. The maximum Gasteiger partial charge on any atom is 0.329 e. The van der Waals surface area contributed by atoms with Crippen molar-refractivity contribution in [1.82, 2.24) is 15.3 Å². The number of aromatic nitrogens is 2. The number of anilines is 2. The minimum Gasteiger partial charge on any atom is -0.357 e. The molecule has 100 valence electrons. The fourth-order valence-corrected chi connectivity index (χ4v) is 1.64. The average Bonchev–Trinajstić information content (AvgIpc) is 2.36. The van der Waals surface area contributed by atoms with Crippen molar-refractivity contribution >= 4 is 29.3 Å². The number of amides is 2. The van der Waals surface area contributed by atoms with Crippen LogP contribution in [0, 0.1) is 10.1 Å². The van der Waals surface area contributed by atoms with Gasteiger partial charge in [-0.2, -0.15) is 4.98 Å². The molecule has 0 spiro atoms. The summed E-state index contributed by atoms with van der Waals surface area (Å²) in [5.74, 6) is -0.961. The highest BCUT2D eigenvalue weighted by atomic mass is 16.6. The molecule has 2 N–H and O–H groups in total. The van der Waals surface area contributed by atoms with Crippen molar-refractivity contribution in [2.24, 2.45) is 0 Å². The van der Waals surface area contributed by atoms with Crippen LogP contribution in [0.1, 0.15) is 0 Å². The Bertz CT molecular complexity index is 544. The van der Waals surface area contributed by atoms with E-state index in [0.29, 0.717) is 0 Å². The van der Waals surface area contributed by atoms with Gasteiger partial charge in [-0.25, -0.2) is 4.98 Å². The van der Waals surface area contributed by atoms with E-state index in [0.717, 1.165) is 6.20 Å². The van der Waals surface area contributed by atoms with Gasteiger partial charge in [0.1, 0.15) is 6.20 Å². The maximum atomic E-state index is 11.3. The molecule has 1 aliphatic rings. The summed E-state index contributed by atoms with van der Waals surface area (Å²) in [7, 11) is 1.55. The fourth-order valence-electron chi connectivity index (χ4n) is 1.64. The van der Waals surface area contributed by atoms with Crippen LogP contribution >= 0.6 is 0 Å². The molecule has 10 nitrogen and oxygen atoms in total. The van der Waals surface area contributed by atoms with Gasteiger partial charge in [0, 0.05) is 7.05 Å². The molecular weight excluding hydrogens is 256 g/mol. The van der Waals surface area contributed by atoms with Crippen LogP contribution in [0.4, 0.5) is 17.5 Å². The van der Waals surface area contributed by atoms with Gasteiger partial charge in [-0.15, -0.1) is 0 Å². The van der Waals surface area contributed by atoms with Gasteiger partial charge >= 0.3 is 5.69 Å². The molecule has 1 aromatic rings. The molecule has 2 heterocycles. The molecule has 0 atom stereocenters. The van der Waals surface area contributed by atoms with Crippen molar-refractivity contribution in [3.05, 3.63) is 16.3 Å². The first kappa shape index (κ1) is 12.7. The number of piperazine rings is 1. The van der Waals surface area contributed by atoms with Gasteiger partial charge in [-0.05, 0) is 0 Å². The number of nitrogens with one attached hydrogen (secondary N) is 2. The quantitative estimate of drug-likeness (QED) is 0.400. The Morgan fingerprint density at radius 2 is 2.05 bits per heavy atom. The summed E-state index contributed by atoms with van der Waals surface area (Å²) in [5, 5.41) is 15.7. The topological polar surface area (TPSA) is 130 Å². The van der Waals surface area contributed by atoms with E-state index >= 15 is 0 Å². The summed E-state index contributed by atoms with van der Waals surface area (Å²) < 4.78 is 0. The number of hydrogen-bond donors (Lipinski definition) is 2. The van der Waals surface area contributed by atoms with Gasteiger partial charge in [-0.3, -0.25) is 25.0 Å². The molecule has 0 unspecified atom stereocenters. The Balaban J connectivity index is 2.43. The lowest BCUT2D eigenvalue weighted by Gasteiger charge is -2.25. The highest BCUT2D eigenvalue weighted by Crippen LogP contribution is 2.26. The van der Waals surface area contributed by atoms with Crippen LogP contribution in [0.5, 0.6) is 0 Å². The van der Waals surface area contributed by atoms with Crippen molar-refractivity contribution in [3.63, 3.8) is 0 Å². The third-order valence-corrected chi connectivity index (χ3v) is 2.42. The van der Waals surface area contributed by atoms with E-state index in [4.69, 9.17) is 0 Å². The molecule has 2 rings (SSSR count). The molecule has 0 aromatic carbocycles.